The number of para-hydroxylation sites is 1. The molecular formula is C14H11BrFN3. The van der Waals surface area contributed by atoms with Crippen molar-refractivity contribution in [2.75, 3.05) is 11.1 Å². The Morgan fingerprint density at radius 3 is 2.84 bits per heavy atom. The van der Waals surface area contributed by atoms with Crippen LogP contribution in [0.25, 0.3) is 0 Å². The topological polar surface area (TPSA) is 61.8 Å². The molecule has 2 aromatic rings. The second-order valence-electron chi connectivity index (χ2n) is 3.97. The van der Waals surface area contributed by atoms with E-state index in [1.807, 2.05) is 6.07 Å². The van der Waals surface area contributed by atoms with Crippen molar-refractivity contribution in [1.82, 2.24) is 0 Å². The Labute approximate surface area is 119 Å². The second kappa shape index (κ2) is 5.72. The van der Waals surface area contributed by atoms with Crippen LogP contribution >= 0.6 is 15.9 Å². The van der Waals surface area contributed by atoms with Gasteiger partial charge >= 0.3 is 0 Å². The van der Waals surface area contributed by atoms with Gasteiger partial charge in [-0.15, -0.1) is 0 Å². The number of nitrogens with zero attached hydrogens (tertiary/aromatic N) is 1. The molecule has 0 saturated carbocycles. The number of nitrogens with one attached hydrogen (secondary N) is 1. The van der Waals surface area contributed by atoms with Gasteiger partial charge in [-0.05, 0) is 30.3 Å². The largest absolute Gasteiger partial charge is 0.396 e. The van der Waals surface area contributed by atoms with Crippen LogP contribution in [0.15, 0.2) is 40.9 Å². The van der Waals surface area contributed by atoms with E-state index >= 15 is 0 Å². The standard InChI is InChI=1S/C14H11BrFN3/c15-11-4-5-12(16)10(6-11)8-19-13-3-1-2-9(7-17)14(13)18/h1-6,19H,8,18H2. The van der Waals surface area contributed by atoms with Crippen molar-refractivity contribution in [3.8, 4) is 6.07 Å². The van der Waals surface area contributed by atoms with Crippen molar-refractivity contribution < 1.29 is 4.39 Å². The Morgan fingerprint density at radius 1 is 1.32 bits per heavy atom. The third-order valence-corrected chi connectivity index (χ3v) is 3.20. The van der Waals surface area contributed by atoms with Crippen LogP contribution < -0.4 is 11.1 Å². The first-order chi connectivity index (χ1) is 9.11. The zero-order chi connectivity index (χ0) is 13.8. The molecule has 3 nitrogen and oxygen atoms in total. The average molecular weight is 320 g/mol. The van der Waals surface area contributed by atoms with Crippen LogP contribution in [0.4, 0.5) is 15.8 Å². The van der Waals surface area contributed by atoms with Gasteiger partial charge in [0.2, 0.25) is 0 Å². The van der Waals surface area contributed by atoms with Gasteiger partial charge in [0.15, 0.2) is 0 Å². The Balaban J connectivity index is 2.20. The summed E-state index contributed by atoms with van der Waals surface area (Å²) in [5, 5.41) is 11.9. The van der Waals surface area contributed by atoms with E-state index in [0.717, 1.165) is 4.47 Å². The summed E-state index contributed by atoms with van der Waals surface area (Å²) in [5.74, 6) is -0.286. The molecule has 0 unspecified atom stereocenters. The molecule has 0 saturated heterocycles. The SMILES string of the molecule is N#Cc1cccc(NCc2cc(Br)ccc2F)c1N. The number of nitrogen functional groups attached to an aromatic ring is 1. The van der Waals surface area contributed by atoms with Gasteiger partial charge in [-0.25, -0.2) is 4.39 Å². The molecule has 5 heteroatoms. The van der Waals surface area contributed by atoms with E-state index in [1.165, 1.54) is 6.07 Å². The number of hydrogen-bond donors (Lipinski definition) is 2. The van der Waals surface area contributed by atoms with E-state index in [-0.39, 0.29) is 5.82 Å². The second-order valence-corrected chi connectivity index (χ2v) is 4.88. The van der Waals surface area contributed by atoms with Crippen LogP contribution in [0.3, 0.4) is 0 Å². The number of rotatable bonds is 3. The molecule has 0 bridgehead atoms. The minimum Gasteiger partial charge on any atom is -0.396 e. The van der Waals surface area contributed by atoms with E-state index in [1.54, 1.807) is 30.3 Å². The minimum absolute atomic E-state index is 0.286. The zero-order valence-corrected chi connectivity index (χ0v) is 11.5. The maximum absolute atomic E-state index is 13.6. The van der Waals surface area contributed by atoms with E-state index in [0.29, 0.717) is 29.0 Å². The lowest BCUT2D eigenvalue weighted by atomic mass is 10.1. The maximum atomic E-state index is 13.6. The van der Waals surface area contributed by atoms with Crippen molar-refractivity contribution in [2.24, 2.45) is 0 Å². The lowest BCUT2D eigenvalue weighted by Crippen LogP contribution is -2.05. The molecule has 2 aromatic carbocycles. The van der Waals surface area contributed by atoms with Crippen molar-refractivity contribution in [1.29, 1.82) is 5.26 Å². The number of anilines is 2. The fourth-order valence-corrected chi connectivity index (χ4v) is 2.09. The fourth-order valence-electron chi connectivity index (χ4n) is 1.69. The van der Waals surface area contributed by atoms with Gasteiger partial charge in [0.1, 0.15) is 11.9 Å². The smallest absolute Gasteiger partial charge is 0.128 e. The van der Waals surface area contributed by atoms with Gasteiger partial charge in [0, 0.05) is 16.6 Å². The van der Waals surface area contributed by atoms with Crippen LogP contribution in [0, 0.1) is 17.1 Å². The average Bonchev–Trinajstić information content (AvgIpc) is 2.41. The molecule has 0 fully saturated rings. The lowest BCUT2D eigenvalue weighted by Gasteiger charge is -2.11. The van der Waals surface area contributed by atoms with Gasteiger partial charge in [-0.3, -0.25) is 0 Å². The van der Waals surface area contributed by atoms with E-state index in [9.17, 15) is 4.39 Å². The molecule has 2 rings (SSSR count). The first-order valence-electron chi connectivity index (χ1n) is 5.58. The number of nitriles is 1. The molecule has 0 aliphatic carbocycles. The van der Waals surface area contributed by atoms with Crippen LogP contribution in [0.5, 0.6) is 0 Å². The Bertz CT molecular complexity index is 650. The van der Waals surface area contributed by atoms with Gasteiger partial charge in [-0.1, -0.05) is 22.0 Å². The van der Waals surface area contributed by atoms with E-state index in [2.05, 4.69) is 21.2 Å². The first-order valence-corrected chi connectivity index (χ1v) is 6.37. The van der Waals surface area contributed by atoms with Crippen LogP contribution in [-0.2, 0) is 6.54 Å². The summed E-state index contributed by atoms with van der Waals surface area (Å²) in [6.45, 7) is 0.296. The molecule has 0 aliphatic heterocycles. The molecule has 96 valence electrons. The third-order valence-electron chi connectivity index (χ3n) is 2.70. The highest BCUT2D eigenvalue weighted by Crippen LogP contribution is 2.23. The summed E-state index contributed by atoms with van der Waals surface area (Å²) in [6.07, 6.45) is 0. The summed E-state index contributed by atoms with van der Waals surface area (Å²) in [7, 11) is 0. The summed E-state index contributed by atoms with van der Waals surface area (Å²) in [5.41, 5.74) is 7.76. The molecule has 0 heterocycles. The number of nitrogens with two attached hydrogens (primary N) is 1. The fraction of sp³-hybridized carbons (Fsp3) is 0.0714. The molecule has 0 radical (unpaired) electrons. The van der Waals surface area contributed by atoms with Crippen molar-refractivity contribution in [2.45, 2.75) is 6.54 Å². The van der Waals surface area contributed by atoms with Gasteiger partial charge in [0.25, 0.3) is 0 Å². The summed E-state index contributed by atoms with van der Waals surface area (Å²) >= 11 is 3.30. The highest BCUT2D eigenvalue weighted by molar-refractivity contribution is 9.10. The number of halogens is 2. The van der Waals surface area contributed by atoms with Crippen LogP contribution in [0.1, 0.15) is 11.1 Å². The van der Waals surface area contributed by atoms with Crippen LogP contribution in [-0.4, -0.2) is 0 Å². The predicted octanol–water partition coefficient (Wildman–Crippen LogP) is 3.65. The van der Waals surface area contributed by atoms with E-state index in [4.69, 9.17) is 11.0 Å². The third kappa shape index (κ3) is 3.04. The quantitative estimate of drug-likeness (QED) is 0.849. The molecular weight excluding hydrogens is 309 g/mol. The molecule has 3 N–H and O–H groups in total. The maximum Gasteiger partial charge on any atom is 0.128 e. The van der Waals surface area contributed by atoms with Gasteiger partial charge in [-0.2, -0.15) is 5.26 Å². The number of hydrogen-bond acceptors (Lipinski definition) is 3. The first kappa shape index (κ1) is 13.4. The molecule has 0 atom stereocenters. The monoisotopic (exact) mass is 319 g/mol. The normalized spacial score (nSPS) is 9.95. The van der Waals surface area contributed by atoms with Crippen molar-refractivity contribution in [3.63, 3.8) is 0 Å². The summed E-state index contributed by atoms with van der Waals surface area (Å²) in [6, 6.07) is 11.9. The molecule has 0 aromatic heterocycles. The van der Waals surface area contributed by atoms with E-state index < -0.39 is 0 Å². The van der Waals surface area contributed by atoms with Crippen LogP contribution in [0.2, 0.25) is 0 Å². The highest BCUT2D eigenvalue weighted by Gasteiger charge is 2.06. The molecule has 0 amide bonds. The van der Waals surface area contributed by atoms with Gasteiger partial charge < -0.3 is 11.1 Å². The summed E-state index contributed by atoms with van der Waals surface area (Å²) < 4.78 is 14.4. The lowest BCUT2D eigenvalue weighted by molar-refractivity contribution is 0.612. The highest BCUT2D eigenvalue weighted by atomic mass is 79.9. The Hall–Kier alpha value is -2.06. The molecule has 0 aliphatic rings. The minimum atomic E-state index is -0.286. The molecule has 0 spiro atoms. The van der Waals surface area contributed by atoms with Crippen molar-refractivity contribution in [3.05, 3.63) is 57.8 Å². The summed E-state index contributed by atoms with van der Waals surface area (Å²) in [4.78, 5) is 0. The Kier molecular flexibility index (Phi) is 4.03. The van der Waals surface area contributed by atoms with Crippen molar-refractivity contribution >= 4 is 27.3 Å². The predicted molar refractivity (Wildman–Crippen MR) is 77.0 cm³/mol. The number of benzene rings is 2. The zero-order valence-electron chi connectivity index (χ0n) is 9.95. The van der Waals surface area contributed by atoms with Gasteiger partial charge in [0.05, 0.1) is 16.9 Å². The molecule has 19 heavy (non-hydrogen) atoms. The Morgan fingerprint density at radius 2 is 2.11 bits per heavy atom.